The smallest absolute Gasteiger partial charge is 0.193 e. The van der Waals surface area contributed by atoms with Crippen LogP contribution in [0.5, 0.6) is 0 Å². The first-order chi connectivity index (χ1) is 2.27. The van der Waals surface area contributed by atoms with Crippen LogP contribution in [0.4, 0.5) is 0 Å². The summed E-state index contributed by atoms with van der Waals surface area (Å²) in [4.78, 5) is 8.38. The van der Waals surface area contributed by atoms with Crippen molar-refractivity contribution in [3.05, 3.63) is 12.3 Å². The minimum Gasteiger partial charge on any atom is -0.431 e. The average Bonchev–Trinajstić information content (AvgIpc) is 1.38. The highest BCUT2D eigenvalue weighted by Gasteiger charge is 1.80. The number of hydrogen-bond donors (Lipinski definition) is 1. The maximum atomic E-state index is 8.38. The minimum atomic E-state index is -1.39. The highest BCUT2D eigenvalue weighted by Crippen LogP contribution is 1.67. The van der Waals surface area contributed by atoms with Crippen LogP contribution in [-0.2, 0) is 0 Å². The van der Waals surface area contributed by atoms with Crippen LogP contribution in [0, 0.1) is 0 Å². The predicted octanol–water partition coefficient (Wildman–Crippen LogP) is 0.0575. The Kier molecular flexibility index (Phi) is 2.14. The second-order valence-corrected chi connectivity index (χ2v) is 2.93. The largest absolute Gasteiger partial charge is 0.431 e. The standard InChI is InChI=1S/C3H8OSi/c1-3-5(2)4/h3-5H,1H2,2H3. The molecule has 0 aliphatic heterocycles. The monoisotopic (exact) mass is 88.0 g/mol. The van der Waals surface area contributed by atoms with E-state index in [9.17, 15) is 0 Å². The molecule has 1 atom stereocenters. The summed E-state index contributed by atoms with van der Waals surface area (Å²) in [7, 11) is -1.39. The lowest BCUT2D eigenvalue weighted by Crippen LogP contribution is -1.97. The molecule has 0 fully saturated rings. The van der Waals surface area contributed by atoms with Crippen molar-refractivity contribution in [3.63, 3.8) is 0 Å². The molecule has 2 heteroatoms. The van der Waals surface area contributed by atoms with Gasteiger partial charge in [-0.3, -0.25) is 0 Å². The Morgan fingerprint density at radius 2 is 2.20 bits per heavy atom. The van der Waals surface area contributed by atoms with Crippen LogP contribution in [-0.4, -0.2) is 13.8 Å². The Hall–Kier alpha value is -0.0831. The summed E-state index contributed by atoms with van der Waals surface area (Å²) in [6, 6.07) is 0. The number of hydrogen-bond acceptors (Lipinski definition) is 1. The molecule has 0 amide bonds. The van der Waals surface area contributed by atoms with E-state index < -0.39 is 9.04 Å². The Morgan fingerprint density at radius 3 is 2.20 bits per heavy atom. The molecule has 0 radical (unpaired) electrons. The van der Waals surface area contributed by atoms with Gasteiger partial charge in [-0.15, -0.1) is 6.58 Å². The molecule has 5 heavy (non-hydrogen) atoms. The van der Waals surface area contributed by atoms with Crippen LogP contribution in [0.15, 0.2) is 12.3 Å². The molecule has 0 rings (SSSR count). The molecule has 1 N–H and O–H groups in total. The van der Waals surface area contributed by atoms with Crippen molar-refractivity contribution in [1.29, 1.82) is 0 Å². The quantitative estimate of drug-likeness (QED) is 0.449. The third-order valence-corrected chi connectivity index (χ3v) is 1.02. The Bertz CT molecular complexity index is 33.9. The van der Waals surface area contributed by atoms with Gasteiger partial charge in [0, 0.05) is 0 Å². The minimum absolute atomic E-state index is 1.39. The van der Waals surface area contributed by atoms with E-state index in [1.165, 1.54) is 0 Å². The van der Waals surface area contributed by atoms with Crippen LogP contribution in [0.25, 0.3) is 0 Å². The highest BCUT2D eigenvalue weighted by atomic mass is 28.3. The Morgan fingerprint density at radius 1 is 2.00 bits per heavy atom. The van der Waals surface area contributed by atoms with Crippen molar-refractivity contribution in [2.24, 2.45) is 0 Å². The fraction of sp³-hybridized carbons (Fsp3) is 0.333. The molecule has 0 aliphatic carbocycles. The molecule has 1 unspecified atom stereocenters. The molecule has 0 heterocycles. The molecule has 0 bridgehead atoms. The van der Waals surface area contributed by atoms with Crippen molar-refractivity contribution < 1.29 is 4.80 Å². The van der Waals surface area contributed by atoms with Gasteiger partial charge in [0.15, 0.2) is 9.04 Å². The molecule has 30 valence electrons. The molecule has 0 aromatic heterocycles. The summed E-state index contributed by atoms with van der Waals surface area (Å²) < 4.78 is 0. The van der Waals surface area contributed by atoms with Crippen molar-refractivity contribution in [2.75, 3.05) is 0 Å². The molecule has 0 aromatic rings. The molecule has 0 aromatic carbocycles. The van der Waals surface area contributed by atoms with Gasteiger partial charge in [-0.1, -0.05) is 5.70 Å². The van der Waals surface area contributed by atoms with Crippen molar-refractivity contribution in [3.8, 4) is 0 Å². The maximum absolute atomic E-state index is 8.38. The first kappa shape index (κ1) is 4.92. The lowest BCUT2D eigenvalue weighted by atomic mass is 11.3. The van der Waals surface area contributed by atoms with Gasteiger partial charge in [0.05, 0.1) is 0 Å². The molecule has 0 aliphatic rings. The topological polar surface area (TPSA) is 20.2 Å². The molecular weight excluding hydrogens is 80.1 g/mol. The second kappa shape index (κ2) is 2.17. The zero-order valence-corrected chi connectivity index (χ0v) is 4.46. The molecular formula is C3H8OSi. The maximum Gasteiger partial charge on any atom is 0.193 e. The van der Waals surface area contributed by atoms with E-state index in [4.69, 9.17) is 4.80 Å². The molecule has 0 saturated carbocycles. The summed E-state index contributed by atoms with van der Waals surface area (Å²) in [6.07, 6.45) is 0. The van der Waals surface area contributed by atoms with Gasteiger partial charge in [0.1, 0.15) is 0 Å². The van der Waals surface area contributed by atoms with Crippen molar-refractivity contribution >= 4 is 9.04 Å². The molecule has 0 spiro atoms. The van der Waals surface area contributed by atoms with E-state index in [1.807, 2.05) is 0 Å². The van der Waals surface area contributed by atoms with Gasteiger partial charge >= 0.3 is 0 Å². The Balaban J connectivity index is 2.83. The normalized spacial score (nSPS) is 14.0. The summed E-state index contributed by atoms with van der Waals surface area (Å²) in [6.45, 7) is 5.17. The van der Waals surface area contributed by atoms with Crippen LogP contribution in [0.3, 0.4) is 0 Å². The summed E-state index contributed by atoms with van der Waals surface area (Å²) in [5, 5.41) is 0. The van der Waals surface area contributed by atoms with E-state index in [0.29, 0.717) is 0 Å². The van der Waals surface area contributed by atoms with Crippen molar-refractivity contribution in [1.82, 2.24) is 0 Å². The van der Waals surface area contributed by atoms with Gasteiger partial charge in [0.25, 0.3) is 0 Å². The zero-order chi connectivity index (χ0) is 4.28. The zero-order valence-electron chi connectivity index (χ0n) is 3.31. The lowest BCUT2D eigenvalue weighted by molar-refractivity contribution is 0.593. The van der Waals surface area contributed by atoms with Gasteiger partial charge in [-0.05, 0) is 6.55 Å². The third kappa shape index (κ3) is 3.92. The van der Waals surface area contributed by atoms with Gasteiger partial charge in [-0.2, -0.15) is 0 Å². The molecule has 0 saturated heterocycles. The van der Waals surface area contributed by atoms with E-state index >= 15 is 0 Å². The first-order valence-electron chi connectivity index (χ1n) is 1.58. The van der Waals surface area contributed by atoms with E-state index in [0.717, 1.165) is 0 Å². The van der Waals surface area contributed by atoms with E-state index in [-0.39, 0.29) is 0 Å². The first-order valence-corrected chi connectivity index (χ1v) is 3.91. The summed E-state index contributed by atoms with van der Waals surface area (Å²) in [5.41, 5.74) is 1.61. The van der Waals surface area contributed by atoms with E-state index in [2.05, 4.69) is 6.58 Å². The fourth-order valence-corrected chi connectivity index (χ4v) is 0. The predicted molar refractivity (Wildman–Crippen MR) is 25.4 cm³/mol. The fourth-order valence-electron chi connectivity index (χ4n) is 0. The van der Waals surface area contributed by atoms with Crippen LogP contribution in [0.2, 0.25) is 6.55 Å². The molecule has 1 nitrogen and oxygen atoms in total. The SMILES string of the molecule is C=C[SiH](C)O. The van der Waals surface area contributed by atoms with Gasteiger partial charge in [-0.25, -0.2) is 0 Å². The summed E-state index contributed by atoms with van der Waals surface area (Å²) in [5.74, 6) is 0. The second-order valence-electron chi connectivity index (χ2n) is 0.976. The highest BCUT2D eigenvalue weighted by molar-refractivity contribution is 6.54. The van der Waals surface area contributed by atoms with Gasteiger partial charge in [0.2, 0.25) is 0 Å². The van der Waals surface area contributed by atoms with Gasteiger partial charge < -0.3 is 4.80 Å². The van der Waals surface area contributed by atoms with Crippen LogP contribution < -0.4 is 0 Å². The van der Waals surface area contributed by atoms with Crippen LogP contribution in [0.1, 0.15) is 0 Å². The third-order valence-electron chi connectivity index (χ3n) is 0.341. The average molecular weight is 88.2 g/mol. The Labute approximate surface area is 33.7 Å². The summed E-state index contributed by atoms with van der Waals surface area (Å²) >= 11 is 0. The van der Waals surface area contributed by atoms with E-state index in [1.54, 1.807) is 12.2 Å². The lowest BCUT2D eigenvalue weighted by Gasteiger charge is -1.80. The van der Waals surface area contributed by atoms with Crippen molar-refractivity contribution in [2.45, 2.75) is 6.55 Å². The van der Waals surface area contributed by atoms with Crippen LogP contribution >= 0.6 is 0 Å². The number of rotatable bonds is 1.